The average Bonchev–Trinajstić information content (AvgIpc) is 2.17. The summed E-state index contributed by atoms with van der Waals surface area (Å²) in [7, 11) is 0. The van der Waals surface area contributed by atoms with E-state index in [1.807, 2.05) is 24.3 Å². The predicted octanol–water partition coefficient (Wildman–Crippen LogP) is 3.20. The zero-order chi connectivity index (χ0) is 9.84. The fraction of sp³-hybridized carbons (Fsp3) is 0.455. The smallest absolute Gasteiger partial charge is 0.109 e. The van der Waals surface area contributed by atoms with E-state index in [0.29, 0.717) is 5.92 Å². The van der Waals surface area contributed by atoms with Gasteiger partial charge in [-0.2, -0.15) is 0 Å². The molecule has 1 aromatic carbocycles. The summed E-state index contributed by atoms with van der Waals surface area (Å²) in [6.07, 6.45) is 0. The van der Waals surface area contributed by atoms with Crippen molar-refractivity contribution in [3.63, 3.8) is 0 Å². The van der Waals surface area contributed by atoms with E-state index in [1.165, 1.54) is 5.56 Å². The van der Waals surface area contributed by atoms with Gasteiger partial charge in [-0.3, -0.25) is 0 Å². The summed E-state index contributed by atoms with van der Waals surface area (Å²) in [5, 5.41) is 0. The minimum absolute atomic E-state index is 0. The van der Waals surface area contributed by atoms with Crippen LogP contribution in [-0.2, 0) is 0 Å². The third kappa shape index (κ3) is 3.28. The highest BCUT2D eigenvalue weighted by Gasteiger charge is 2.06. The maximum Gasteiger partial charge on any atom is 0.109 e. The van der Waals surface area contributed by atoms with Crippen molar-refractivity contribution >= 4 is 12.4 Å². The Morgan fingerprint density at radius 3 is 2.36 bits per heavy atom. The van der Waals surface area contributed by atoms with Crippen LogP contribution in [0.25, 0.3) is 0 Å². The van der Waals surface area contributed by atoms with Gasteiger partial charge in [-0.1, -0.05) is 38.1 Å². The molecule has 1 nitrogen and oxygen atoms in total. The lowest BCUT2D eigenvalue weighted by Gasteiger charge is -2.11. The third-order valence-electron chi connectivity index (χ3n) is 2.17. The van der Waals surface area contributed by atoms with Gasteiger partial charge in [-0.25, -0.2) is 4.39 Å². The zero-order valence-corrected chi connectivity index (χ0v) is 9.35. The molecule has 1 atom stereocenters. The van der Waals surface area contributed by atoms with Crippen molar-refractivity contribution in [2.75, 3.05) is 6.67 Å². The molecule has 0 saturated heterocycles. The van der Waals surface area contributed by atoms with E-state index in [1.54, 1.807) is 0 Å². The standard InChI is InChI=1S/C11H16FN.ClH/c1-8(2)9-4-3-5-10(6-9)11(13)7-12;/h3-6,8,11H,7,13H2,1-2H3;1H/t11-;/m0./s1. The van der Waals surface area contributed by atoms with Crippen LogP contribution in [0.3, 0.4) is 0 Å². The van der Waals surface area contributed by atoms with Gasteiger partial charge < -0.3 is 5.73 Å². The molecular formula is C11H17ClFN. The molecule has 0 aliphatic rings. The minimum Gasteiger partial charge on any atom is -0.322 e. The van der Waals surface area contributed by atoms with Crippen LogP contribution in [0.1, 0.15) is 36.9 Å². The average molecular weight is 218 g/mol. The summed E-state index contributed by atoms with van der Waals surface area (Å²) in [4.78, 5) is 0. The fourth-order valence-electron chi connectivity index (χ4n) is 1.24. The molecule has 1 rings (SSSR count). The highest BCUT2D eigenvalue weighted by Crippen LogP contribution is 2.18. The maximum atomic E-state index is 12.3. The van der Waals surface area contributed by atoms with Crippen LogP contribution < -0.4 is 5.73 Å². The van der Waals surface area contributed by atoms with E-state index in [4.69, 9.17) is 5.73 Å². The summed E-state index contributed by atoms with van der Waals surface area (Å²) in [5.41, 5.74) is 7.68. The molecule has 0 heterocycles. The number of hydrogen-bond donors (Lipinski definition) is 1. The lowest BCUT2D eigenvalue weighted by Crippen LogP contribution is -2.12. The Morgan fingerprint density at radius 2 is 1.86 bits per heavy atom. The van der Waals surface area contributed by atoms with Gasteiger partial charge in [0.2, 0.25) is 0 Å². The van der Waals surface area contributed by atoms with Crippen LogP contribution >= 0.6 is 12.4 Å². The molecule has 14 heavy (non-hydrogen) atoms. The first kappa shape index (κ1) is 13.4. The molecular weight excluding hydrogens is 201 g/mol. The SMILES string of the molecule is CC(C)c1cccc([C@@H](N)CF)c1.Cl. The van der Waals surface area contributed by atoms with Crippen LogP contribution in [0, 0.1) is 0 Å². The molecule has 0 aromatic heterocycles. The fourth-order valence-corrected chi connectivity index (χ4v) is 1.24. The topological polar surface area (TPSA) is 26.0 Å². The number of nitrogens with two attached hydrogens (primary N) is 1. The third-order valence-corrected chi connectivity index (χ3v) is 2.17. The van der Waals surface area contributed by atoms with Crippen molar-refractivity contribution in [1.82, 2.24) is 0 Å². The van der Waals surface area contributed by atoms with Gasteiger partial charge in [0.25, 0.3) is 0 Å². The molecule has 0 radical (unpaired) electrons. The molecule has 1 aromatic rings. The molecule has 0 bridgehead atoms. The molecule has 0 spiro atoms. The van der Waals surface area contributed by atoms with Gasteiger partial charge in [0.15, 0.2) is 0 Å². The Morgan fingerprint density at radius 1 is 1.29 bits per heavy atom. The van der Waals surface area contributed by atoms with E-state index in [2.05, 4.69) is 13.8 Å². The highest BCUT2D eigenvalue weighted by molar-refractivity contribution is 5.85. The number of alkyl halides is 1. The van der Waals surface area contributed by atoms with Crippen molar-refractivity contribution in [3.05, 3.63) is 35.4 Å². The molecule has 0 aliphatic carbocycles. The summed E-state index contributed by atoms with van der Waals surface area (Å²) < 4.78 is 12.3. The monoisotopic (exact) mass is 217 g/mol. The summed E-state index contributed by atoms with van der Waals surface area (Å²) in [6.45, 7) is 3.72. The lowest BCUT2D eigenvalue weighted by molar-refractivity contribution is 0.437. The second kappa shape index (κ2) is 5.99. The number of hydrogen-bond acceptors (Lipinski definition) is 1. The van der Waals surface area contributed by atoms with Crippen LogP contribution in [0.2, 0.25) is 0 Å². The molecule has 2 N–H and O–H groups in total. The maximum absolute atomic E-state index is 12.3. The van der Waals surface area contributed by atoms with E-state index in [0.717, 1.165) is 5.56 Å². The normalized spacial score (nSPS) is 12.4. The van der Waals surface area contributed by atoms with Gasteiger partial charge in [0.05, 0.1) is 6.04 Å². The van der Waals surface area contributed by atoms with E-state index >= 15 is 0 Å². The first-order valence-electron chi connectivity index (χ1n) is 4.56. The number of halogens is 2. The second-order valence-corrected chi connectivity index (χ2v) is 3.59. The first-order chi connectivity index (χ1) is 6.15. The summed E-state index contributed by atoms with van der Waals surface area (Å²) in [6, 6.07) is 7.35. The van der Waals surface area contributed by atoms with Crippen LogP contribution in [-0.4, -0.2) is 6.67 Å². The van der Waals surface area contributed by atoms with Crippen LogP contribution in [0.4, 0.5) is 4.39 Å². The first-order valence-corrected chi connectivity index (χ1v) is 4.56. The summed E-state index contributed by atoms with van der Waals surface area (Å²) >= 11 is 0. The predicted molar refractivity (Wildman–Crippen MR) is 60.7 cm³/mol. The Labute approximate surface area is 90.9 Å². The molecule has 0 amide bonds. The van der Waals surface area contributed by atoms with E-state index in [-0.39, 0.29) is 12.4 Å². The van der Waals surface area contributed by atoms with Gasteiger partial charge >= 0.3 is 0 Å². The van der Waals surface area contributed by atoms with Crippen molar-refractivity contribution in [2.24, 2.45) is 5.73 Å². The minimum atomic E-state index is -0.498. The Bertz CT molecular complexity index is 276. The van der Waals surface area contributed by atoms with Gasteiger partial charge in [-0.05, 0) is 17.0 Å². The van der Waals surface area contributed by atoms with Crippen molar-refractivity contribution in [1.29, 1.82) is 0 Å². The Balaban J connectivity index is 0.00000169. The lowest BCUT2D eigenvalue weighted by atomic mass is 9.98. The molecule has 80 valence electrons. The second-order valence-electron chi connectivity index (χ2n) is 3.59. The van der Waals surface area contributed by atoms with Crippen LogP contribution in [0.5, 0.6) is 0 Å². The largest absolute Gasteiger partial charge is 0.322 e. The number of rotatable bonds is 3. The zero-order valence-electron chi connectivity index (χ0n) is 8.53. The van der Waals surface area contributed by atoms with Crippen molar-refractivity contribution in [3.8, 4) is 0 Å². The molecule has 0 fully saturated rings. The van der Waals surface area contributed by atoms with Crippen LogP contribution in [0.15, 0.2) is 24.3 Å². The Kier molecular flexibility index (Phi) is 5.73. The molecule has 0 saturated carbocycles. The number of benzene rings is 1. The van der Waals surface area contributed by atoms with Crippen molar-refractivity contribution < 1.29 is 4.39 Å². The van der Waals surface area contributed by atoms with Gasteiger partial charge in [0, 0.05) is 0 Å². The van der Waals surface area contributed by atoms with E-state index in [9.17, 15) is 4.39 Å². The summed E-state index contributed by atoms with van der Waals surface area (Å²) in [5.74, 6) is 0.465. The molecule has 0 unspecified atom stereocenters. The van der Waals surface area contributed by atoms with Gasteiger partial charge in [0.1, 0.15) is 6.67 Å². The molecule has 3 heteroatoms. The highest BCUT2D eigenvalue weighted by atomic mass is 35.5. The van der Waals surface area contributed by atoms with E-state index < -0.39 is 12.7 Å². The van der Waals surface area contributed by atoms with Crippen molar-refractivity contribution in [2.45, 2.75) is 25.8 Å². The quantitative estimate of drug-likeness (QED) is 0.827. The Hall–Kier alpha value is -0.600. The molecule has 0 aliphatic heterocycles. The van der Waals surface area contributed by atoms with Gasteiger partial charge in [-0.15, -0.1) is 12.4 Å².